The van der Waals surface area contributed by atoms with Crippen LogP contribution in [0.1, 0.15) is 29.6 Å². The Labute approximate surface area is 133 Å². The van der Waals surface area contributed by atoms with Crippen molar-refractivity contribution in [2.75, 3.05) is 5.32 Å². The molecule has 0 aliphatic carbocycles. The molecule has 5 heteroatoms. The predicted molar refractivity (Wildman–Crippen MR) is 87.0 cm³/mol. The van der Waals surface area contributed by atoms with Crippen molar-refractivity contribution in [2.24, 2.45) is 0 Å². The SMILES string of the molecule is Clc1ccc([C@@H]2C[C@@H](c3ccccc3)n3ncnc3N2)cc1. The summed E-state index contributed by atoms with van der Waals surface area (Å²) in [6.07, 6.45) is 2.52. The molecule has 4 rings (SSSR count). The van der Waals surface area contributed by atoms with E-state index in [-0.39, 0.29) is 12.1 Å². The minimum absolute atomic E-state index is 0.181. The molecule has 2 heterocycles. The topological polar surface area (TPSA) is 42.7 Å². The molecule has 0 fully saturated rings. The van der Waals surface area contributed by atoms with E-state index in [1.54, 1.807) is 6.33 Å². The Morgan fingerprint density at radius 2 is 1.77 bits per heavy atom. The highest BCUT2D eigenvalue weighted by atomic mass is 35.5. The van der Waals surface area contributed by atoms with Crippen molar-refractivity contribution < 1.29 is 0 Å². The van der Waals surface area contributed by atoms with Gasteiger partial charge in [0.05, 0.1) is 12.1 Å². The summed E-state index contributed by atoms with van der Waals surface area (Å²) in [4.78, 5) is 4.34. The van der Waals surface area contributed by atoms with Crippen LogP contribution in [0.15, 0.2) is 60.9 Å². The van der Waals surface area contributed by atoms with Gasteiger partial charge in [-0.15, -0.1) is 0 Å². The molecule has 0 amide bonds. The summed E-state index contributed by atoms with van der Waals surface area (Å²) in [5, 5.41) is 8.59. The van der Waals surface area contributed by atoms with Gasteiger partial charge in [0.1, 0.15) is 6.33 Å². The summed E-state index contributed by atoms with van der Waals surface area (Å²) in [5.41, 5.74) is 2.45. The quantitative estimate of drug-likeness (QED) is 0.775. The lowest BCUT2D eigenvalue weighted by Gasteiger charge is -2.31. The number of nitrogens with one attached hydrogen (secondary N) is 1. The minimum atomic E-state index is 0.181. The zero-order chi connectivity index (χ0) is 14.9. The average Bonchev–Trinajstić information content (AvgIpc) is 3.04. The molecule has 1 N–H and O–H groups in total. The molecule has 1 aromatic heterocycles. The second-order valence-electron chi connectivity index (χ2n) is 5.44. The molecule has 0 spiro atoms. The number of hydrogen-bond acceptors (Lipinski definition) is 3. The molecule has 2 aromatic carbocycles. The largest absolute Gasteiger partial charge is 0.348 e. The Kier molecular flexibility index (Phi) is 3.31. The molecule has 22 heavy (non-hydrogen) atoms. The number of hydrogen-bond donors (Lipinski definition) is 1. The predicted octanol–water partition coefficient (Wildman–Crippen LogP) is 4.08. The van der Waals surface area contributed by atoms with Gasteiger partial charge in [-0.25, -0.2) is 4.68 Å². The maximum Gasteiger partial charge on any atom is 0.222 e. The Morgan fingerprint density at radius 1 is 1.00 bits per heavy atom. The highest BCUT2D eigenvalue weighted by Gasteiger charge is 2.29. The minimum Gasteiger partial charge on any atom is -0.348 e. The first-order valence-corrected chi connectivity index (χ1v) is 7.65. The average molecular weight is 311 g/mol. The molecular weight excluding hydrogens is 296 g/mol. The number of anilines is 1. The number of fused-ring (bicyclic) bond motifs is 1. The lowest BCUT2D eigenvalue weighted by atomic mass is 9.93. The van der Waals surface area contributed by atoms with Crippen LogP contribution in [0.3, 0.4) is 0 Å². The third-order valence-corrected chi connectivity index (χ3v) is 4.34. The molecule has 110 valence electrons. The standard InChI is InChI=1S/C17H15ClN4/c18-14-8-6-12(7-9-14)15-10-16(13-4-2-1-3-5-13)22-17(21-15)19-11-20-22/h1-9,11,15-16H,10H2,(H,19,20,21)/t15-,16-/m0/s1. The first-order valence-electron chi connectivity index (χ1n) is 7.28. The van der Waals surface area contributed by atoms with Crippen molar-refractivity contribution in [1.29, 1.82) is 0 Å². The monoisotopic (exact) mass is 310 g/mol. The van der Waals surface area contributed by atoms with Gasteiger partial charge in [-0.05, 0) is 29.7 Å². The lowest BCUT2D eigenvalue weighted by molar-refractivity contribution is 0.431. The van der Waals surface area contributed by atoms with E-state index < -0.39 is 0 Å². The number of rotatable bonds is 2. The smallest absolute Gasteiger partial charge is 0.222 e. The summed E-state index contributed by atoms with van der Waals surface area (Å²) in [6, 6.07) is 18.8. The Bertz CT molecular complexity index is 767. The van der Waals surface area contributed by atoms with Crippen LogP contribution in [-0.2, 0) is 0 Å². The van der Waals surface area contributed by atoms with Crippen LogP contribution < -0.4 is 5.32 Å². The van der Waals surface area contributed by atoms with Crippen LogP contribution in [-0.4, -0.2) is 14.8 Å². The van der Waals surface area contributed by atoms with Gasteiger partial charge in [0.15, 0.2) is 0 Å². The summed E-state index contributed by atoms with van der Waals surface area (Å²) < 4.78 is 1.96. The van der Waals surface area contributed by atoms with Crippen molar-refractivity contribution in [3.05, 3.63) is 77.1 Å². The Morgan fingerprint density at radius 3 is 2.55 bits per heavy atom. The Balaban J connectivity index is 1.72. The number of benzene rings is 2. The van der Waals surface area contributed by atoms with E-state index in [1.807, 2.05) is 22.9 Å². The summed E-state index contributed by atoms with van der Waals surface area (Å²) in [6.45, 7) is 0. The van der Waals surface area contributed by atoms with Gasteiger partial charge in [0.25, 0.3) is 0 Å². The van der Waals surface area contributed by atoms with E-state index in [2.05, 4.69) is 51.8 Å². The lowest BCUT2D eigenvalue weighted by Crippen LogP contribution is -2.28. The highest BCUT2D eigenvalue weighted by molar-refractivity contribution is 6.30. The molecule has 1 aliphatic rings. The van der Waals surface area contributed by atoms with Gasteiger partial charge in [-0.2, -0.15) is 10.1 Å². The zero-order valence-corrected chi connectivity index (χ0v) is 12.6. The van der Waals surface area contributed by atoms with E-state index in [0.717, 1.165) is 17.4 Å². The fourth-order valence-electron chi connectivity index (χ4n) is 2.99. The van der Waals surface area contributed by atoms with E-state index in [0.29, 0.717) is 0 Å². The summed E-state index contributed by atoms with van der Waals surface area (Å²) >= 11 is 5.99. The van der Waals surface area contributed by atoms with Gasteiger partial charge >= 0.3 is 0 Å². The van der Waals surface area contributed by atoms with Crippen molar-refractivity contribution in [3.63, 3.8) is 0 Å². The van der Waals surface area contributed by atoms with Crippen LogP contribution in [0.25, 0.3) is 0 Å². The van der Waals surface area contributed by atoms with Gasteiger partial charge in [0, 0.05) is 5.02 Å². The second kappa shape index (κ2) is 5.46. The number of nitrogens with zero attached hydrogens (tertiary/aromatic N) is 3. The van der Waals surface area contributed by atoms with Crippen LogP contribution in [0.2, 0.25) is 5.02 Å². The van der Waals surface area contributed by atoms with E-state index in [1.165, 1.54) is 11.1 Å². The molecule has 4 nitrogen and oxygen atoms in total. The van der Waals surface area contributed by atoms with Crippen molar-refractivity contribution in [2.45, 2.75) is 18.5 Å². The molecule has 2 atom stereocenters. The summed E-state index contributed by atoms with van der Waals surface area (Å²) in [7, 11) is 0. The summed E-state index contributed by atoms with van der Waals surface area (Å²) in [5.74, 6) is 0.806. The Hall–Kier alpha value is -2.33. The maximum absolute atomic E-state index is 5.99. The van der Waals surface area contributed by atoms with Crippen LogP contribution in [0.4, 0.5) is 5.95 Å². The highest BCUT2D eigenvalue weighted by Crippen LogP contribution is 2.37. The van der Waals surface area contributed by atoms with Gasteiger partial charge in [-0.1, -0.05) is 54.1 Å². The van der Waals surface area contributed by atoms with Crippen LogP contribution in [0, 0.1) is 0 Å². The third kappa shape index (κ3) is 2.35. The fourth-order valence-corrected chi connectivity index (χ4v) is 3.11. The van der Waals surface area contributed by atoms with Crippen LogP contribution in [0.5, 0.6) is 0 Å². The van der Waals surface area contributed by atoms with Gasteiger partial charge < -0.3 is 5.32 Å². The molecule has 0 radical (unpaired) electrons. The molecule has 0 saturated carbocycles. The molecule has 0 unspecified atom stereocenters. The van der Waals surface area contributed by atoms with Gasteiger partial charge in [0.2, 0.25) is 5.95 Å². The third-order valence-electron chi connectivity index (χ3n) is 4.09. The molecule has 0 saturated heterocycles. The molecular formula is C17H15ClN4. The first kappa shape index (κ1) is 13.3. The van der Waals surface area contributed by atoms with Crippen molar-refractivity contribution in [3.8, 4) is 0 Å². The zero-order valence-electron chi connectivity index (χ0n) is 11.9. The van der Waals surface area contributed by atoms with E-state index in [4.69, 9.17) is 11.6 Å². The number of aromatic nitrogens is 3. The maximum atomic E-state index is 5.99. The molecule has 3 aromatic rings. The number of halogens is 1. The van der Waals surface area contributed by atoms with Crippen molar-refractivity contribution in [1.82, 2.24) is 14.8 Å². The van der Waals surface area contributed by atoms with Gasteiger partial charge in [-0.3, -0.25) is 0 Å². The molecule has 0 bridgehead atoms. The fraction of sp³-hybridized carbons (Fsp3) is 0.176. The normalized spacial score (nSPS) is 20.2. The second-order valence-corrected chi connectivity index (χ2v) is 5.88. The van der Waals surface area contributed by atoms with E-state index >= 15 is 0 Å². The molecule has 1 aliphatic heterocycles. The van der Waals surface area contributed by atoms with Crippen molar-refractivity contribution >= 4 is 17.5 Å². The van der Waals surface area contributed by atoms with E-state index in [9.17, 15) is 0 Å². The van der Waals surface area contributed by atoms with Crippen LogP contribution >= 0.6 is 11.6 Å². The first-order chi connectivity index (χ1) is 10.8.